The second kappa shape index (κ2) is 6.39. The smallest absolute Gasteiger partial charge is 0.223 e. The van der Waals surface area contributed by atoms with Crippen LogP contribution in [0, 0.1) is 20.8 Å². The van der Waals surface area contributed by atoms with Gasteiger partial charge in [-0.3, -0.25) is 9.88 Å². The Morgan fingerprint density at radius 1 is 1.32 bits per heavy atom. The third-order valence-corrected chi connectivity index (χ3v) is 3.86. The highest BCUT2D eigenvalue weighted by Crippen LogP contribution is 2.18. The molecule has 0 radical (unpaired) electrons. The number of rotatable bonds is 4. The molecule has 0 aromatic carbocycles. The Labute approximate surface area is 130 Å². The fourth-order valence-electron chi connectivity index (χ4n) is 2.79. The standard InChI is InChI=1S/C15H22N6O/c1-10-7-16-11(2)15(17-10)19-13-5-4-6-21(8-13)9-14-18-12(3)22-20-14/h7,13H,4-6,8-9H2,1-3H3,(H,17,19). The van der Waals surface area contributed by atoms with E-state index in [-0.39, 0.29) is 0 Å². The van der Waals surface area contributed by atoms with Crippen LogP contribution in [0.3, 0.4) is 0 Å². The third kappa shape index (κ3) is 3.59. The van der Waals surface area contributed by atoms with E-state index < -0.39 is 0 Å². The van der Waals surface area contributed by atoms with Gasteiger partial charge in [0.1, 0.15) is 5.82 Å². The molecule has 0 saturated carbocycles. The highest BCUT2D eigenvalue weighted by molar-refractivity contribution is 5.40. The molecule has 0 bridgehead atoms. The van der Waals surface area contributed by atoms with Crippen molar-refractivity contribution in [2.75, 3.05) is 18.4 Å². The summed E-state index contributed by atoms with van der Waals surface area (Å²) >= 11 is 0. The van der Waals surface area contributed by atoms with Crippen LogP contribution in [0.15, 0.2) is 10.7 Å². The van der Waals surface area contributed by atoms with E-state index in [2.05, 4.69) is 30.3 Å². The van der Waals surface area contributed by atoms with Gasteiger partial charge in [-0.1, -0.05) is 5.16 Å². The van der Waals surface area contributed by atoms with E-state index in [4.69, 9.17) is 4.52 Å². The number of piperidine rings is 1. The maximum atomic E-state index is 5.04. The second-order valence-corrected chi connectivity index (χ2v) is 5.89. The van der Waals surface area contributed by atoms with Crippen LogP contribution in [0.2, 0.25) is 0 Å². The summed E-state index contributed by atoms with van der Waals surface area (Å²) < 4.78 is 5.04. The predicted molar refractivity (Wildman–Crippen MR) is 82.5 cm³/mol. The van der Waals surface area contributed by atoms with Gasteiger partial charge < -0.3 is 9.84 Å². The monoisotopic (exact) mass is 302 g/mol. The summed E-state index contributed by atoms with van der Waals surface area (Å²) in [5, 5.41) is 7.51. The van der Waals surface area contributed by atoms with Gasteiger partial charge in [-0.15, -0.1) is 0 Å². The first-order valence-corrected chi connectivity index (χ1v) is 7.68. The van der Waals surface area contributed by atoms with Gasteiger partial charge in [0, 0.05) is 25.7 Å². The largest absolute Gasteiger partial charge is 0.365 e. The SMILES string of the molecule is Cc1cnc(C)c(NC2CCCN(Cc3noc(C)n3)C2)n1. The van der Waals surface area contributed by atoms with E-state index >= 15 is 0 Å². The van der Waals surface area contributed by atoms with Crippen LogP contribution in [0.4, 0.5) is 5.82 Å². The van der Waals surface area contributed by atoms with E-state index in [1.165, 1.54) is 0 Å². The lowest BCUT2D eigenvalue weighted by Gasteiger charge is -2.32. The molecule has 1 fully saturated rings. The van der Waals surface area contributed by atoms with Crippen molar-refractivity contribution in [2.24, 2.45) is 0 Å². The van der Waals surface area contributed by atoms with Gasteiger partial charge in [-0.25, -0.2) is 4.98 Å². The summed E-state index contributed by atoms with van der Waals surface area (Å²) in [6, 6.07) is 0.372. The first-order chi connectivity index (χ1) is 10.6. The molecule has 7 nitrogen and oxygen atoms in total. The van der Waals surface area contributed by atoms with E-state index in [0.29, 0.717) is 11.9 Å². The molecule has 3 rings (SSSR count). The average Bonchev–Trinajstić information content (AvgIpc) is 2.88. The molecule has 2 aromatic rings. The minimum Gasteiger partial charge on any atom is -0.365 e. The van der Waals surface area contributed by atoms with Crippen molar-refractivity contribution in [1.29, 1.82) is 0 Å². The minimum absolute atomic E-state index is 0.372. The lowest BCUT2D eigenvalue weighted by Crippen LogP contribution is -2.42. The van der Waals surface area contributed by atoms with E-state index in [1.807, 2.05) is 20.8 Å². The summed E-state index contributed by atoms with van der Waals surface area (Å²) in [6.07, 6.45) is 4.08. The molecule has 1 unspecified atom stereocenters. The number of nitrogens with one attached hydrogen (secondary N) is 1. The van der Waals surface area contributed by atoms with Crippen molar-refractivity contribution in [1.82, 2.24) is 25.0 Å². The lowest BCUT2D eigenvalue weighted by atomic mass is 10.1. The minimum atomic E-state index is 0.372. The first-order valence-electron chi connectivity index (χ1n) is 7.68. The van der Waals surface area contributed by atoms with Crippen LogP contribution < -0.4 is 5.32 Å². The number of aryl methyl sites for hydroxylation is 3. The van der Waals surface area contributed by atoms with E-state index in [0.717, 1.165) is 55.5 Å². The van der Waals surface area contributed by atoms with Gasteiger partial charge in [-0.05, 0) is 33.2 Å². The van der Waals surface area contributed by atoms with Crippen molar-refractivity contribution in [3.63, 3.8) is 0 Å². The zero-order valence-corrected chi connectivity index (χ0v) is 13.3. The molecule has 0 amide bonds. The molecule has 1 aliphatic rings. The highest BCUT2D eigenvalue weighted by atomic mass is 16.5. The number of hydrogen-bond donors (Lipinski definition) is 1. The summed E-state index contributed by atoms with van der Waals surface area (Å²) in [5.41, 5.74) is 1.87. The van der Waals surface area contributed by atoms with Gasteiger partial charge in [0.25, 0.3) is 0 Å². The van der Waals surface area contributed by atoms with Crippen LogP contribution >= 0.6 is 0 Å². The molecule has 22 heavy (non-hydrogen) atoms. The van der Waals surface area contributed by atoms with Crippen LogP contribution in [0.1, 0.15) is 35.9 Å². The van der Waals surface area contributed by atoms with Crippen molar-refractivity contribution >= 4 is 5.82 Å². The van der Waals surface area contributed by atoms with E-state index in [1.54, 1.807) is 6.20 Å². The predicted octanol–water partition coefficient (Wildman–Crippen LogP) is 1.86. The molecule has 1 atom stereocenters. The summed E-state index contributed by atoms with van der Waals surface area (Å²) in [6.45, 7) is 8.50. The quantitative estimate of drug-likeness (QED) is 0.923. The van der Waals surface area contributed by atoms with Crippen molar-refractivity contribution in [3.8, 4) is 0 Å². The highest BCUT2D eigenvalue weighted by Gasteiger charge is 2.22. The topological polar surface area (TPSA) is 80.0 Å². The van der Waals surface area contributed by atoms with Crippen LogP contribution in [0.5, 0.6) is 0 Å². The van der Waals surface area contributed by atoms with E-state index in [9.17, 15) is 0 Å². The molecule has 1 aliphatic heterocycles. The zero-order chi connectivity index (χ0) is 15.5. The summed E-state index contributed by atoms with van der Waals surface area (Å²) in [7, 11) is 0. The Morgan fingerprint density at radius 2 is 2.18 bits per heavy atom. The number of aromatic nitrogens is 4. The molecule has 1 N–H and O–H groups in total. The van der Waals surface area contributed by atoms with Crippen LogP contribution in [-0.4, -0.2) is 44.1 Å². The van der Waals surface area contributed by atoms with Crippen molar-refractivity contribution in [2.45, 2.75) is 46.2 Å². The molecular weight excluding hydrogens is 280 g/mol. The average molecular weight is 302 g/mol. The second-order valence-electron chi connectivity index (χ2n) is 5.89. The Hall–Kier alpha value is -2.02. The van der Waals surface area contributed by atoms with Gasteiger partial charge in [0.2, 0.25) is 5.89 Å². The fourth-order valence-corrected chi connectivity index (χ4v) is 2.79. The summed E-state index contributed by atoms with van der Waals surface area (Å²) in [5.74, 6) is 2.26. The Morgan fingerprint density at radius 3 is 2.95 bits per heavy atom. The van der Waals surface area contributed by atoms with Gasteiger partial charge in [0.15, 0.2) is 5.82 Å². The van der Waals surface area contributed by atoms with Gasteiger partial charge in [0.05, 0.1) is 17.9 Å². The number of hydrogen-bond acceptors (Lipinski definition) is 7. The Kier molecular flexibility index (Phi) is 4.33. The first kappa shape index (κ1) is 14.9. The number of anilines is 1. The third-order valence-electron chi connectivity index (χ3n) is 3.86. The Bertz CT molecular complexity index is 641. The van der Waals surface area contributed by atoms with Gasteiger partial charge >= 0.3 is 0 Å². The molecule has 2 aromatic heterocycles. The maximum Gasteiger partial charge on any atom is 0.223 e. The van der Waals surface area contributed by atoms with Crippen molar-refractivity contribution in [3.05, 3.63) is 29.3 Å². The van der Waals surface area contributed by atoms with Crippen molar-refractivity contribution < 1.29 is 4.52 Å². The zero-order valence-electron chi connectivity index (χ0n) is 13.3. The number of likely N-dealkylation sites (tertiary alicyclic amines) is 1. The van der Waals surface area contributed by atoms with Crippen LogP contribution in [0.25, 0.3) is 0 Å². The van der Waals surface area contributed by atoms with Gasteiger partial charge in [-0.2, -0.15) is 4.98 Å². The number of nitrogens with zero attached hydrogens (tertiary/aromatic N) is 5. The van der Waals surface area contributed by atoms with Crippen LogP contribution in [-0.2, 0) is 6.54 Å². The summed E-state index contributed by atoms with van der Waals surface area (Å²) in [4.78, 5) is 15.5. The molecule has 3 heterocycles. The Balaban J connectivity index is 1.61. The maximum absolute atomic E-state index is 5.04. The molecule has 1 saturated heterocycles. The normalized spacial score (nSPS) is 19.3. The molecule has 0 spiro atoms. The molecular formula is C15H22N6O. The fraction of sp³-hybridized carbons (Fsp3) is 0.600. The molecule has 0 aliphatic carbocycles. The molecule has 118 valence electrons. The molecule has 7 heteroatoms. The lowest BCUT2D eigenvalue weighted by molar-refractivity contribution is 0.201.